The van der Waals surface area contributed by atoms with Gasteiger partial charge in [-0.25, -0.2) is 0 Å². The van der Waals surface area contributed by atoms with Gasteiger partial charge >= 0.3 is 0 Å². The number of carbonyl (C=O) groups excluding carboxylic acids is 1. The lowest BCUT2D eigenvalue weighted by Gasteiger charge is -2.13. The molecular weight excluding hydrogens is 242 g/mol. The van der Waals surface area contributed by atoms with Crippen LogP contribution in [0.15, 0.2) is 42.7 Å². The van der Waals surface area contributed by atoms with Crippen molar-refractivity contribution in [1.29, 1.82) is 0 Å². The van der Waals surface area contributed by atoms with E-state index in [-0.39, 0.29) is 18.6 Å². The molecule has 0 bridgehead atoms. The predicted molar refractivity (Wildman–Crippen MR) is 71.1 cm³/mol. The van der Waals surface area contributed by atoms with Crippen LogP contribution in [0.2, 0.25) is 0 Å². The average molecular weight is 259 g/mol. The van der Waals surface area contributed by atoms with E-state index in [1.165, 1.54) is 0 Å². The molecule has 0 spiro atoms. The van der Waals surface area contributed by atoms with Crippen LogP contribution >= 0.6 is 0 Å². The first-order valence-electron chi connectivity index (χ1n) is 6.16. The largest absolute Gasteiger partial charge is 0.390 e. The van der Waals surface area contributed by atoms with Crippen molar-refractivity contribution in [3.63, 3.8) is 0 Å². The number of aliphatic hydroxyl groups is 1. The van der Waals surface area contributed by atoms with Gasteiger partial charge in [0.15, 0.2) is 0 Å². The van der Waals surface area contributed by atoms with Gasteiger partial charge in [0.1, 0.15) is 6.04 Å². The predicted octanol–water partition coefficient (Wildman–Crippen LogP) is 1.25. The fourth-order valence-electron chi connectivity index (χ4n) is 1.78. The number of carbonyl (C=O) groups is 1. The van der Waals surface area contributed by atoms with Crippen molar-refractivity contribution in [1.82, 2.24) is 14.9 Å². The van der Waals surface area contributed by atoms with Crippen LogP contribution in [-0.4, -0.2) is 20.6 Å². The van der Waals surface area contributed by atoms with Crippen LogP contribution in [0.4, 0.5) is 0 Å². The second-order valence-corrected chi connectivity index (χ2v) is 4.30. The number of nitrogens with one attached hydrogen (secondary N) is 1. The number of nitrogens with zero attached hydrogens (tertiary/aromatic N) is 2. The summed E-state index contributed by atoms with van der Waals surface area (Å²) >= 11 is 0. The van der Waals surface area contributed by atoms with Crippen molar-refractivity contribution in [3.05, 3.63) is 54.1 Å². The molecule has 100 valence electrons. The lowest BCUT2D eigenvalue weighted by Crippen LogP contribution is -2.30. The Morgan fingerprint density at radius 1 is 1.32 bits per heavy atom. The van der Waals surface area contributed by atoms with Crippen LogP contribution in [0, 0.1) is 0 Å². The molecule has 0 aliphatic rings. The Labute approximate surface area is 111 Å². The molecule has 2 aromatic rings. The third-order valence-corrected chi connectivity index (χ3v) is 2.92. The SMILES string of the molecule is CC(C(=O)NCc1cccc(CO)n1)n1cccc1. The van der Waals surface area contributed by atoms with Crippen LogP contribution in [0.5, 0.6) is 0 Å². The van der Waals surface area contributed by atoms with Gasteiger partial charge in [0.05, 0.1) is 24.5 Å². The van der Waals surface area contributed by atoms with Gasteiger partial charge < -0.3 is 15.0 Å². The third-order valence-electron chi connectivity index (χ3n) is 2.92. The molecule has 0 saturated carbocycles. The van der Waals surface area contributed by atoms with Crippen LogP contribution in [0.25, 0.3) is 0 Å². The quantitative estimate of drug-likeness (QED) is 0.849. The summed E-state index contributed by atoms with van der Waals surface area (Å²) in [5.74, 6) is -0.0626. The van der Waals surface area contributed by atoms with E-state index in [2.05, 4.69) is 10.3 Å². The minimum Gasteiger partial charge on any atom is -0.390 e. The first kappa shape index (κ1) is 13.3. The zero-order valence-electron chi connectivity index (χ0n) is 10.8. The second kappa shape index (κ2) is 6.15. The molecule has 2 rings (SSSR count). The van der Waals surface area contributed by atoms with Crippen LogP contribution in [0.3, 0.4) is 0 Å². The molecule has 0 aromatic carbocycles. The zero-order valence-corrected chi connectivity index (χ0v) is 10.8. The molecule has 1 unspecified atom stereocenters. The van der Waals surface area contributed by atoms with Crippen LogP contribution < -0.4 is 5.32 Å². The van der Waals surface area contributed by atoms with Crippen molar-refractivity contribution in [2.75, 3.05) is 0 Å². The lowest BCUT2D eigenvalue weighted by atomic mass is 10.2. The molecule has 0 saturated heterocycles. The molecule has 0 aliphatic heterocycles. The topological polar surface area (TPSA) is 67.2 Å². The van der Waals surface area contributed by atoms with Gasteiger partial charge in [0.25, 0.3) is 0 Å². The Morgan fingerprint density at radius 3 is 2.68 bits per heavy atom. The third kappa shape index (κ3) is 3.42. The smallest absolute Gasteiger partial charge is 0.243 e. The number of amides is 1. The summed E-state index contributed by atoms with van der Waals surface area (Å²) in [6.07, 6.45) is 3.71. The minimum absolute atomic E-state index is 0.0626. The van der Waals surface area contributed by atoms with Crippen LogP contribution in [-0.2, 0) is 17.9 Å². The molecule has 2 N–H and O–H groups in total. The van der Waals surface area contributed by atoms with Gasteiger partial charge in [0.2, 0.25) is 5.91 Å². The fraction of sp³-hybridized carbons (Fsp3) is 0.286. The molecule has 1 amide bonds. The first-order chi connectivity index (χ1) is 9.20. The molecule has 0 fully saturated rings. The van der Waals surface area contributed by atoms with Gasteiger partial charge in [-0.05, 0) is 31.2 Å². The fourth-order valence-corrected chi connectivity index (χ4v) is 1.78. The highest BCUT2D eigenvalue weighted by Gasteiger charge is 2.13. The summed E-state index contributed by atoms with van der Waals surface area (Å²) in [6, 6.07) is 8.89. The summed E-state index contributed by atoms with van der Waals surface area (Å²) in [5.41, 5.74) is 1.34. The Hall–Kier alpha value is -2.14. The van der Waals surface area contributed by atoms with Gasteiger partial charge in [-0.1, -0.05) is 6.07 Å². The van der Waals surface area contributed by atoms with Crippen molar-refractivity contribution in [2.24, 2.45) is 0 Å². The number of rotatable bonds is 5. The lowest BCUT2D eigenvalue weighted by molar-refractivity contribution is -0.124. The van der Waals surface area contributed by atoms with E-state index in [0.717, 1.165) is 5.69 Å². The Balaban J connectivity index is 1.93. The second-order valence-electron chi connectivity index (χ2n) is 4.30. The van der Waals surface area contributed by atoms with Crippen LogP contribution in [0.1, 0.15) is 24.4 Å². The summed E-state index contributed by atoms with van der Waals surface area (Å²) < 4.78 is 1.84. The van der Waals surface area contributed by atoms with Crippen molar-refractivity contribution < 1.29 is 9.90 Å². The molecule has 1 atom stereocenters. The maximum absolute atomic E-state index is 12.0. The number of aliphatic hydroxyl groups excluding tert-OH is 1. The Bertz CT molecular complexity index is 537. The molecule has 0 aliphatic carbocycles. The van der Waals surface area contributed by atoms with E-state index in [1.54, 1.807) is 6.07 Å². The molecular formula is C14H17N3O2. The van der Waals surface area contributed by atoms with Gasteiger partial charge in [0, 0.05) is 12.4 Å². The van der Waals surface area contributed by atoms with E-state index in [1.807, 2.05) is 48.1 Å². The average Bonchev–Trinajstić information content (AvgIpc) is 2.98. The highest BCUT2D eigenvalue weighted by molar-refractivity contribution is 5.79. The Kier molecular flexibility index (Phi) is 4.30. The van der Waals surface area contributed by atoms with E-state index in [0.29, 0.717) is 12.2 Å². The summed E-state index contributed by atoms with van der Waals surface area (Å²) in [4.78, 5) is 16.2. The molecule has 2 heterocycles. The maximum Gasteiger partial charge on any atom is 0.243 e. The zero-order chi connectivity index (χ0) is 13.7. The van der Waals surface area contributed by atoms with E-state index < -0.39 is 0 Å². The van der Waals surface area contributed by atoms with Crippen molar-refractivity contribution in [2.45, 2.75) is 26.1 Å². The molecule has 0 radical (unpaired) electrons. The standard InChI is InChI=1S/C14H17N3O2/c1-11(17-7-2-3-8-17)14(19)15-9-12-5-4-6-13(10-18)16-12/h2-8,11,18H,9-10H2,1H3,(H,15,19). The monoisotopic (exact) mass is 259 g/mol. The van der Waals surface area contributed by atoms with E-state index in [4.69, 9.17) is 5.11 Å². The summed E-state index contributed by atoms with van der Waals surface area (Å²) in [5, 5.41) is 11.8. The molecule has 5 nitrogen and oxygen atoms in total. The minimum atomic E-state index is -0.254. The number of pyridine rings is 1. The molecule has 19 heavy (non-hydrogen) atoms. The first-order valence-corrected chi connectivity index (χ1v) is 6.16. The van der Waals surface area contributed by atoms with Crippen molar-refractivity contribution >= 4 is 5.91 Å². The number of hydrogen-bond donors (Lipinski definition) is 2. The summed E-state index contributed by atoms with van der Waals surface area (Å²) in [7, 11) is 0. The highest BCUT2D eigenvalue weighted by Crippen LogP contribution is 2.06. The number of aromatic nitrogens is 2. The van der Waals surface area contributed by atoms with E-state index >= 15 is 0 Å². The van der Waals surface area contributed by atoms with E-state index in [9.17, 15) is 4.79 Å². The Morgan fingerprint density at radius 2 is 2.00 bits per heavy atom. The van der Waals surface area contributed by atoms with Crippen molar-refractivity contribution in [3.8, 4) is 0 Å². The highest BCUT2D eigenvalue weighted by atomic mass is 16.3. The normalized spacial score (nSPS) is 12.1. The summed E-state index contributed by atoms with van der Waals surface area (Å²) in [6.45, 7) is 2.10. The van der Waals surface area contributed by atoms with Gasteiger partial charge in [-0.3, -0.25) is 9.78 Å². The van der Waals surface area contributed by atoms with Gasteiger partial charge in [-0.2, -0.15) is 0 Å². The molecule has 2 aromatic heterocycles. The van der Waals surface area contributed by atoms with Gasteiger partial charge in [-0.15, -0.1) is 0 Å². The number of hydrogen-bond acceptors (Lipinski definition) is 3. The molecule has 5 heteroatoms. The maximum atomic E-state index is 12.0.